The number of anilines is 2. The second-order valence-electron chi connectivity index (χ2n) is 5.16. The molecule has 0 bridgehead atoms. The third kappa shape index (κ3) is 5.52. The Labute approximate surface area is 151 Å². The molecular formula is C17H13F3N4O3. The fourth-order valence-electron chi connectivity index (χ4n) is 1.94. The zero-order valence-electron chi connectivity index (χ0n) is 13.9. The quantitative estimate of drug-likeness (QED) is 0.707. The van der Waals surface area contributed by atoms with Gasteiger partial charge in [0.1, 0.15) is 11.5 Å². The molecule has 0 aromatic carbocycles. The lowest BCUT2D eigenvalue weighted by Crippen LogP contribution is -2.30. The van der Waals surface area contributed by atoms with Crippen molar-refractivity contribution in [2.45, 2.75) is 19.7 Å². The standard InChI is InChI=1S/C17H13F3N4O3/c1-10(26)23-14-8-11(4-6-22-14)2-3-13-15(12(9-25)5-7-21-13)24-16(27)17(18,19)20/h4-8,25H,9H2,1H3,(H,24,27)(H,22,23,26). The summed E-state index contributed by atoms with van der Waals surface area (Å²) in [6, 6.07) is 4.24. The Morgan fingerprint density at radius 3 is 2.48 bits per heavy atom. The van der Waals surface area contributed by atoms with Crippen LogP contribution in [-0.2, 0) is 16.2 Å². The predicted molar refractivity (Wildman–Crippen MR) is 89.4 cm³/mol. The zero-order chi connectivity index (χ0) is 20.0. The molecule has 10 heteroatoms. The normalized spacial score (nSPS) is 10.6. The molecule has 0 aliphatic rings. The highest BCUT2D eigenvalue weighted by atomic mass is 19.4. The first kappa shape index (κ1) is 19.9. The number of alkyl halides is 3. The summed E-state index contributed by atoms with van der Waals surface area (Å²) in [6.45, 7) is 0.687. The molecule has 140 valence electrons. The molecule has 2 heterocycles. The molecule has 0 saturated heterocycles. The lowest BCUT2D eigenvalue weighted by atomic mass is 10.1. The van der Waals surface area contributed by atoms with Crippen LogP contribution in [-0.4, -0.2) is 33.1 Å². The van der Waals surface area contributed by atoms with Gasteiger partial charge in [-0.05, 0) is 24.1 Å². The number of halogens is 3. The third-order valence-electron chi connectivity index (χ3n) is 3.09. The minimum Gasteiger partial charge on any atom is -0.392 e. The number of aromatic nitrogens is 2. The summed E-state index contributed by atoms with van der Waals surface area (Å²) in [5.41, 5.74) is -0.0541. The van der Waals surface area contributed by atoms with Crippen LogP contribution in [0.4, 0.5) is 24.7 Å². The Hall–Kier alpha value is -3.45. The highest BCUT2D eigenvalue weighted by molar-refractivity contribution is 5.96. The molecule has 27 heavy (non-hydrogen) atoms. The molecule has 0 saturated carbocycles. The van der Waals surface area contributed by atoms with E-state index in [2.05, 4.69) is 27.1 Å². The number of aliphatic hydroxyl groups excluding tert-OH is 1. The molecule has 0 spiro atoms. The van der Waals surface area contributed by atoms with Crippen molar-refractivity contribution in [1.29, 1.82) is 0 Å². The van der Waals surface area contributed by atoms with E-state index in [0.717, 1.165) is 0 Å². The van der Waals surface area contributed by atoms with Gasteiger partial charge in [0, 0.05) is 30.4 Å². The van der Waals surface area contributed by atoms with Gasteiger partial charge in [0.05, 0.1) is 12.3 Å². The van der Waals surface area contributed by atoms with Gasteiger partial charge in [-0.1, -0.05) is 5.92 Å². The number of amides is 2. The average molecular weight is 378 g/mol. The summed E-state index contributed by atoms with van der Waals surface area (Å²) in [7, 11) is 0. The van der Waals surface area contributed by atoms with Gasteiger partial charge in [0.15, 0.2) is 0 Å². The van der Waals surface area contributed by atoms with E-state index in [4.69, 9.17) is 0 Å². The first-order chi connectivity index (χ1) is 12.7. The largest absolute Gasteiger partial charge is 0.471 e. The van der Waals surface area contributed by atoms with Crippen LogP contribution in [0.5, 0.6) is 0 Å². The second kappa shape index (κ2) is 8.29. The molecule has 0 unspecified atom stereocenters. The lowest BCUT2D eigenvalue weighted by molar-refractivity contribution is -0.167. The second-order valence-corrected chi connectivity index (χ2v) is 5.16. The number of pyridine rings is 2. The number of carbonyl (C=O) groups is 2. The fraction of sp³-hybridized carbons (Fsp3) is 0.176. The molecule has 0 aliphatic heterocycles. The molecule has 2 amide bonds. The highest BCUT2D eigenvalue weighted by Gasteiger charge is 2.39. The van der Waals surface area contributed by atoms with Crippen molar-refractivity contribution in [2.24, 2.45) is 0 Å². The van der Waals surface area contributed by atoms with E-state index in [-0.39, 0.29) is 28.7 Å². The number of rotatable bonds is 3. The number of aliphatic hydroxyl groups is 1. The predicted octanol–water partition coefficient (Wildman–Crippen LogP) is 1.83. The minimum atomic E-state index is -5.11. The van der Waals surface area contributed by atoms with E-state index < -0.39 is 18.7 Å². The zero-order valence-corrected chi connectivity index (χ0v) is 13.9. The summed E-state index contributed by atoms with van der Waals surface area (Å²) in [5.74, 6) is 2.92. The molecule has 2 rings (SSSR count). The maximum Gasteiger partial charge on any atom is 0.471 e. The van der Waals surface area contributed by atoms with Crippen LogP contribution < -0.4 is 10.6 Å². The molecular weight excluding hydrogens is 365 g/mol. The lowest BCUT2D eigenvalue weighted by Gasteiger charge is -2.12. The molecule has 2 aromatic heterocycles. The summed E-state index contributed by atoms with van der Waals surface area (Å²) >= 11 is 0. The Morgan fingerprint density at radius 1 is 1.15 bits per heavy atom. The number of hydrogen-bond acceptors (Lipinski definition) is 5. The van der Waals surface area contributed by atoms with Crippen molar-refractivity contribution in [3.8, 4) is 11.8 Å². The van der Waals surface area contributed by atoms with Crippen LogP contribution in [0.25, 0.3) is 0 Å². The van der Waals surface area contributed by atoms with Gasteiger partial charge in [-0.25, -0.2) is 9.97 Å². The molecule has 0 radical (unpaired) electrons. The summed E-state index contributed by atoms with van der Waals surface area (Å²) in [5, 5.41) is 13.5. The molecule has 0 fully saturated rings. The molecule has 3 N–H and O–H groups in total. The van der Waals surface area contributed by atoms with Gasteiger partial charge in [-0.15, -0.1) is 0 Å². The Bertz CT molecular complexity index is 933. The topological polar surface area (TPSA) is 104 Å². The average Bonchev–Trinajstić information content (AvgIpc) is 2.59. The van der Waals surface area contributed by atoms with E-state index in [1.165, 1.54) is 37.5 Å². The molecule has 7 nitrogen and oxygen atoms in total. The maximum atomic E-state index is 12.5. The van der Waals surface area contributed by atoms with Crippen LogP contribution in [0.3, 0.4) is 0 Å². The van der Waals surface area contributed by atoms with Gasteiger partial charge in [0.2, 0.25) is 5.91 Å². The summed E-state index contributed by atoms with van der Waals surface area (Å²) < 4.78 is 37.6. The van der Waals surface area contributed by atoms with Gasteiger partial charge in [-0.3, -0.25) is 9.59 Å². The number of hydrogen-bond donors (Lipinski definition) is 3. The molecule has 0 atom stereocenters. The van der Waals surface area contributed by atoms with Crippen molar-refractivity contribution in [3.05, 3.63) is 47.4 Å². The van der Waals surface area contributed by atoms with Crippen molar-refractivity contribution in [2.75, 3.05) is 10.6 Å². The van der Waals surface area contributed by atoms with Crippen LogP contribution in [0.2, 0.25) is 0 Å². The van der Waals surface area contributed by atoms with Gasteiger partial charge in [0.25, 0.3) is 0 Å². The van der Waals surface area contributed by atoms with E-state index in [1.54, 1.807) is 5.32 Å². The van der Waals surface area contributed by atoms with Gasteiger partial charge in [-0.2, -0.15) is 13.2 Å². The first-order valence-corrected chi connectivity index (χ1v) is 7.43. The van der Waals surface area contributed by atoms with Crippen molar-refractivity contribution in [1.82, 2.24) is 9.97 Å². The maximum absolute atomic E-state index is 12.5. The minimum absolute atomic E-state index is 0.0283. The van der Waals surface area contributed by atoms with Crippen molar-refractivity contribution < 1.29 is 27.9 Å². The van der Waals surface area contributed by atoms with Crippen LogP contribution in [0.15, 0.2) is 30.6 Å². The van der Waals surface area contributed by atoms with Crippen molar-refractivity contribution in [3.63, 3.8) is 0 Å². The first-order valence-electron chi connectivity index (χ1n) is 7.43. The van der Waals surface area contributed by atoms with Gasteiger partial charge < -0.3 is 15.7 Å². The summed E-state index contributed by atoms with van der Waals surface area (Å²) in [4.78, 5) is 30.1. The highest BCUT2D eigenvalue weighted by Crippen LogP contribution is 2.23. The van der Waals surface area contributed by atoms with E-state index in [0.29, 0.717) is 5.56 Å². The van der Waals surface area contributed by atoms with E-state index >= 15 is 0 Å². The smallest absolute Gasteiger partial charge is 0.392 e. The van der Waals surface area contributed by atoms with Crippen molar-refractivity contribution >= 4 is 23.3 Å². The van der Waals surface area contributed by atoms with Gasteiger partial charge >= 0.3 is 12.1 Å². The molecule has 0 aliphatic carbocycles. The van der Waals surface area contributed by atoms with Crippen LogP contribution in [0, 0.1) is 11.8 Å². The Morgan fingerprint density at radius 2 is 1.85 bits per heavy atom. The van der Waals surface area contributed by atoms with Crippen LogP contribution in [0.1, 0.15) is 23.7 Å². The number of nitrogens with one attached hydrogen (secondary N) is 2. The monoisotopic (exact) mass is 378 g/mol. The molecule has 2 aromatic rings. The summed E-state index contributed by atoms with van der Waals surface area (Å²) in [6.07, 6.45) is -2.47. The fourth-order valence-corrected chi connectivity index (χ4v) is 1.94. The Kier molecular flexibility index (Phi) is 6.10. The SMILES string of the molecule is CC(=O)Nc1cc(C#Cc2nccc(CO)c2NC(=O)C(F)(F)F)ccn1. The Balaban J connectivity index is 2.39. The third-order valence-corrected chi connectivity index (χ3v) is 3.09. The van der Waals surface area contributed by atoms with E-state index in [9.17, 15) is 27.9 Å². The van der Waals surface area contributed by atoms with Crippen LogP contribution >= 0.6 is 0 Å². The van der Waals surface area contributed by atoms with E-state index in [1.807, 2.05) is 0 Å². The number of nitrogens with zero attached hydrogens (tertiary/aromatic N) is 2. The number of carbonyl (C=O) groups excluding carboxylic acids is 2.